The second kappa shape index (κ2) is 8.84. The van der Waals surface area contributed by atoms with Crippen molar-refractivity contribution in [1.82, 2.24) is 14.1 Å². The van der Waals surface area contributed by atoms with Gasteiger partial charge < -0.3 is 9.64 Å². The molecular formula is C21H25ClF2N4O4S. The molecule has 0 radical (unpaired) electrons. The van der Waals surface area contributed by atoms with E-state index in [4.69, 9.17) is 16.3 Å². The molecule has 1 aromatic heterocycles. The Bertz CT molecular complexity index is 1200. The van der Waals surface area contributed by atoms with E-state index in [9.17, 15) is 22.0 Å². The van der Waals surface area contributed by atoms with Gasteiger partial charge in [0.2, 0.25) is 15.8 Å². The van der Waals surface area contributed by atoms with Gasteiger partial charge in [-0.1, -0.05) is 17.7 Å². The van der Waals surface area contributed by atoms with Crippen LogP contribution in [0.3, 0.4) is 0 Å². The molecule has 33 heavy (non-hydrogen) atoms. The van der Waals surface area contributed by atoms with Gasteiger partial charge in [0.25, 0.3) is 5.92 Å². The normalized spacial score (nSPS) is 20.8. The molecule has 1 aliphatic heterocycles. The van der Waals surface area contributed by atoms with Crippen molar-refractivity contribution in [3.8, 4) is 11.4 Å². The number of benzene rings is 1. The number of rotatable bonds is 7. The van der Waals surface area contributed by atoms with E-state index in [0.717, 1.165) is 4.68 Å². The second-order valence-corrected chi connectivity index (χ2v) is 11.4. The molecule has 2 aromatic rings. The van der Waals surface area contributed by atoms with E-state index in [2.05, 4.69) is 5.10 Å². The molecular weight excluding hydrogens is 478 g/mol. The summed E-state index contributed by atoms with van der Waals surface area (Å²) in [5.74, 6) is -3.81. The molecule has 1 saturated carbocycles. The summed E-state index contributed by atoms with van der Waals surface area (Å²) in [5, 5.41) is 4.11. The smallest absolute Gasteiger partial charge is 0.316 e. The zero-order valence-corrected chi connectivity index (χ0v) is 19.8. The SMILES string of the molecule is CC(C)S(=O)(=O)N1CCN(c2cnn(-c3cccc(Cl)c3)c(=O)c2OCC2CC2(F)F)CC1. The molecule has 180 valence electrons. The predicted molar refractivity (Wildman–Crippen MR) is 121 cm³/mol. The number of piperazine rings is 1. The van der Waals surface area contributed by atoms with Gasteiger partial charge in [0.15, 0.2) is 0 Å². The maximum atomic E-state index is 13.4. The fourth-order valence-corrected chi connectivity index (χ4v) is 5.15. The van der Waals surface area contributed by atoms with Gasteiger partial charge in [0.1, 0.15) is 5.69 Å². The van der Waals surface area contributed by atoms with E-state index < -0.39 is 32.7 Å². The highest BCUT2D eigenvalue weighted by molar-refractivity contribution is 7.89. The van der Waals surface area contributed by atoms with E-state index in [-0.39, 0.29) is 31.9 Å². The molecule has 0 amide bonds. The summed E-state index contributed by atoms with van der Waals surface area (Å²) in [6, 6.07) is 6.53. The minimum Gasteiger partial charge on any atom is -0.486 e. The van der Waals surface area contributed by atoms with Crippen LogP contribution in [0.25, 0.3) is 5.69 Å². The van der Waals surface area contributed by atoms with E-state index >= 15 is 0 Å². The highest BCUT2D eigenvalue weighted by atomic mass is 35.5. The molecule has 1 aromatic carbocycles. The molecule has 2 aliphatic rings. The van der Waals surface area contributed by atoms with Crippen LogP contribution < -0.4 is 15.2 Å². The molecule has 0 bridgehead atoms. The predicted octanol–water partition coefficient (Wildman–Crippen LogP) is 2.78. The van der Waals surface area contributed by atoms with Crippen molar-refractivity contribution < 1.29 is 21.9 Å². The average Bonchev–Trinajstić information content (AvgIpc) is 3.38. The summed E-state index contributed by atoms with van der Waals surface area (Å²) in [7, 11) is -3.40. The van der Waals surface area contributed by atoms with Gasteiger partial charge in [-0.25, -0.2) is 17.2 Å². The highest BCUT2D eigenvalue weighted by Crippen LogP contribution is 2.48. The Morgan fingerprint density at radius 2 is 1.91 bits per heavy atom. The first-order chi connectivity index (χ1) is 15.5. The van der Waals surface area contributed by atoms with Crippen molar-refractivity contribution in [3.05, 3.63) is 45.8 Å². The zero-order chi connectivity index (χ0) is 24.0. The number of hydrogen-bond acceptors (Lipinski definition) is 6. The van der Waals surface area contributed by atoms with Crippen molar-refractivity contribution in [3.63, 3.8) is 0 Å². The number of hydrogen-bond donors (Lipinski definition) is 0. The van der Waals surface area contributed by atoms with E-state index in [1.54, 1.807) is 43.0 Å². The van der Waals surface area contributed by atoms with Crippen molar-refractivity contribution in [2.75, 3.05) is 37.7 Å². The Balaban J connectivity index is 1.63. The van der Waals surface area contributed by atoms with Crippen LogP contribution in [0.1, 0.15) is 20.3 Å². The van der Waals surface area contributed by atoms with Gasteiger partial charge in [-0.2, -0.15) is 14.1 Å². The molecule has 1 aliphatic carbocycles. The second-order valence-electron chi connectivity index (χ2n) is 8.51. The van der Waals surface area contributed by atoms with Crippen LogP contribution in [0.5, 0.6) is 5.75 Å². The Kier molecular flexibility index (Phi) is 6.41. The Morgan fingerprint density at radius 3 is 2.48 bits per heavy atom. The first kappa shape index (κ1) is 23.9. The third-order valence-electron chi connectivity index (χ3n) is 5.89. The Morgan fingerprint density at radius 1 is 1.24 bits per heavy atom. The number of aromatic nitrogens is 2. The van der Waals surface area contributed by atoms with E-state index in [1.165, 1.54) is 10.5 Å². The van der Waals surface area contributed by atoms with Crippen LogP contribution in [-0.4, -0.2) is 66.5 Å². The minimum atomic E-state index is -3.40. The van der Waals surface area contributed by atoms with Gasteiger partial charge >= 0.3 is 5.56 Å². The summed E-state index contributed by atoms with van der Waals surface area (Å²) in [5.41, 5.74) is 0.160. The fourth-order valence-electron chi connectivity index (χ4n) is 3.70. The average molecular weight is 503 g/mol. The Labute approximate surface area is 195 Å². The van der Waals surface area contributed by atoms with Gasteiger partial charge in [0, 0.05) is 37.6 Å². The van der Waals surface area contributed by atoms with Crippen molar-refractivity contribution in [2.24, 2.45) is 5.92 Å². The van der Waals surface area contributed by atoms with Crippen LogP contribution in [0.15, 0.2) is 35.3 Å². The molecule has 1 atom stereocenters. The van der Waals surface area contributed by atoms with Gasteiger partial charge in [0.05, 0.1) is 29.7 Å². The van der Waals surface area contributed by atoms with Crippen LogP contribution in [0.4, 0.5) is 14.5 Å². The van der Waals surface area contributed by atoms with Crippen LogP contribution in [0.2, 0.25) is 5.02 Å². The molecule has 1 unspecified atom stereocenters. The first-order valence-corrected chi connectivity index (χ1v) is 12.5. The molecule has 12 heteroatoms. The van der Waals surface area contributed by atoms with Crippen LogP contribution in [0, 0.1) is 5.92 Å². The quantitative estimate of drug-likeness (QED) is 0.579. The van der Waals surface area contributed by atoms with E-state index in [0.29, 0.717) is 29.5 Å². The first-order valence-electron chi connectivity index (χ1n) is 10.6. The number of ether oxygens (including phenoxy) is 1. The van der Waals surface area contributed by atoms with Crippen LogP contribution >= 0.6 is 11.6 Å². The minimum absolute atomic E-state index is 0.0900. The van der Waals surface area contributed by atoms with E-state index in [1.807, 2.05) is 0 Å². The lowest BCUT2D eigenvalue weighted by Gasteiger charge is -2.36. The number of sulfonamides is 1. The number of nitrogens with zero attached hydrogens (tertiary/aromatic N) is 4. The number of anilines is 1. The fraction of sp³-hybridized carbons (Fsp3) is 0.524. The van der Waals surface area contributed by atoms with Gasteiger partial charge in [-0.3, -0.25) is 4.79 Å². The molecule has 0 N–H and O–H groups in total. The summed E-state index contributed by atoms with van der Waals surface area (Å²) in [4.78, 5) is 15.1. The lowest BCUT2D eigenvalue weighted by Crippen LogP contribution is -2.50. The zero-order valence-electron chi connectivity index (χ0n) is 18.2. The number of alkyl halides is 2. The summed E-state index contributed by atoms with van der Waals surface area (Å²) in [6.45, 7) is 4.04. The monoisotopic (exact) mass is 502 g/mol. The van der Waals surface area contributed by atoms with Crippen molar-refractivity contribution in [2.45, 2.75) is 31.4 Å². The summed E-state index contributed by atoms with van der Waals surface area (Å²) in [6.07, 6.45) is 1.16. The maximum absolute atomic E-state index is 13.4. The molecule has 4 rings (SSSR count). The Hall–Kier alpha value is -2.24. The lowest BCUT2D eigenvalue weighted by atomic mass is 10.3. The third-order valence-corrected chi connectivity index (χ3v) is 8.40. The molecule has 2 heterocycles. The molecule has 2 fully saturated rings. The summed E-state index contributed by atoms with van der Waals surface area (Å²) < 4.78 is 59.9. The lowest BCUT2D eigenvalue weighted by molar-refractivity contribution is 0.0853. The van der Waals surface area contributed by atoms with Crippen molar-refractivity contribution in [1.29, 1.82) is 0 Å². The molecule has 1 saturated heterocycles. The maximum Gasteiger partial charge on any atom is 0.316 e. The summed E-state index contributed by atoms with van der Waals surface area (Å²) >= 11 is 6.04. The standard InChI is InChI=1S/C21H25ClF2N4O4S/c1-14(2)33(30,31)27-8-6-26(7-9-27)18-12-25-28(17-5-3-4-16(22)10-17)20(29)19(18)32-13-15-11-21(15,23)24/h3-5,10,12,14-15H,6-9,11,13H2,1-2H3. The van der Waals surface area contributed by atoms with Crippen LogP contribution in [-0.2, 0) is 10.0 Å². The van der Waals surface area contributed by atoms with Gasteiger partial charge in [-0.15, -0.1) is 0 Å². The third kappa shape index (κ3) is 4.85. The number of halogens is 3. The van der Waals surface area contributed by atoms with Crippen molar-refractivity contribution >= 4 is 27.3 Å². The van der Waals surface area contributed by atoms with Gasteiger partial charge in [-0.05, 0) is 32.0 Å². The molecule has 0 spiro atoms. The topological polar surface area (TPSA) is 84.7 Å². The molecule has 8 nitrogen and oxygen atoms in total. The highest BCUT2D eigenvalue weighted by Gasteiger charge is 2.57. The largest absolute Gasteiger partial charge is 0.486 e.